The van der Waals surface area contributed by atoms with Crippen molar-refractivity contribution in [3.63, 3.8) is 0 Å². The highest BCUT2D eigenvalue weighted by Crippen LogP contribution is 2.39. The van der Waals surface area contributed by atoms with Gasteiger partial charge in [0, 0.05) is 18.7 Å². The summed E-state index contributed by atoms with van der Waals surface area (Å²) in [5, 5.41) is 10.0. The van der Waals surface area contributed by atoms with Crippen molar-refractivity contribution in [2.75, 3.05) is 13.7 Å². The first kappa shape index (κ1) is 17.0. The van der Waals surface area contributed by atoms with Crippen molar-refractivity contribution in [1.82, 2.24) is 14.8 Å². The summed E-state index contributed by atoms with van der Waals surface area (Å²) < 4.78 is 7.17. The number of rotatable bonds is 7. The van der Waals surface area contributed by atoms with E-state index in [1.807, 2.05) is 22.8 Å². The topological polar surface area (TPSA) is 39.9 Å². The van der Waals surface area contributed by atoms with E-state index < -0.39 is 0 Å². The highest BCUT2D eigenvalue weighted by Gasteiger charge is 2.19. The first-order valence-electron chi connectivity index (χ1n) is 7.61. The van der Waals surface area contributed by atoms with Gasteiger partial charge in [-0.1, -0.05) is 65.8 Å². The van der Waals surface area contributed by atoms with Crippen LogP contribution in [0.5, 0.6) is 0 Å². The molecule has 124 valence electrons. The highest BCUT2D eigenvalue weighted by atomic mass is 35.5. The number of benzene rings is 2. The largest absolute Gasteiger partial charge is 0.383 e. The fourth-order valence-electron chi connectivity index (χ4n) is 2.38. The number of methoxy groups -OCH3 is 1. The second-order valence-electron chi connectivity index (χ2n) is 5.26. The Labute approximate surface area is 150 Å². The summed E-state index contributed by atoms with van der Waals surface area (Å²) in [5.41, 5.74) is 2.39. The van der Waals surface area contributed by atoms with Gasteiger partial charge in [-0.25, -0.2) is 0 Å². The number of aromatic nitrogens is 3. The van der Waals surface area contributed by atoms with Gasteiger partial charge < -0.3 is 9.30 Å². The fraction of sp³-hybridized carbons (Fsp3) is 0.222. The van der Waals surface area contributed by atoms with Crippen molar-refractivity contribution in [2.45, 2.75) is 17.0 Å². The molecule has 3 rings (SSSR count). The summed E-state index contributed by atoms with van der Waals surface area (Å²) in [6.45, 7) is 1.36. The van der Waals surface area contributed by atoms with E-state index in [-0.39, 0.29) is 5.25 Å². The minimum absolute atomic E-state index is 0.119. The molecule has 0 saturated carbocycles. The molecule has 1 atom stereocenters. The molecule has 2 aromatic carbocycles. The van der Waals surface area contributed by atoms with Gasteiger partial charge in [0.05, 0.1) is 11.9 Å². The van der Waals surface area contributed by atoms with Crippen LogP contribution in [-0.2, 0) is 11.3 Å². The lowest BCUT2D eigenvalue weighted by Gasteiger charge is -2.17. The lowest BCUT2D eigenvalue weighted by molar-refractivity contribution is 0.184. The zero-order valence-corrected chi connectivity index (χ0v) is 14.9. The number of halogens is 1. The molecule has 0 fully saturated rings. The van der Waals surface area contributed by atoms with Gasteiger partial charge in [-0.3, -0.25) is 0 Å². The zero-order valence-electron chi connectivity index (χ0n) is 13.3. The number of hydrogen-bond donors (Lipinski definition) is 0. The molecule has 6 heteroatoms. The summed E-state index contributed by atoms with van der Waals surface area (Å²) >= 11 is 7.72. The molecule has 0 aliphatic carbocycles. The van der Waals surface area contributed by atoms with Crippen LogP contribution in [0, 0.1) is 0 Å². The van der Waals surface area contributed by atoms with Gasteiger partial charge in [0.1, 0.15) is 6.33 Å². The van der Waals surface area contributed by atoms with Crippen LogP contribution in [0.4, 0.5) is 0 Å². The number of nitrogens with zero attached hydrogens (tertiary/aromatic N) is 3. The molecule has 3 aromatic rings. The minimum Gasteiger partial charge on any atom is -0.383 e. The van der Waals surface area contributed by atoms with Crippen LogP contribution in [0.3, 0.4) is 0 Å². The van der Waals surface area contributed by atoms with Crippen LogP contribution >= 0.6 is 23.4 Å². The Morgan fingerprint density at radius 1 is 1.08 bits per heavy atom. The minimum atomic E-state index is 0.119. The van der Waals surface area contributed by atoms with Crippen molar-refractivity contribution in [2.24, 2.45) is 0 Å². The third kappa shape index (κ3) is 4.17. The summed E-state index contributed by atoms with van der Waals surface area (Å²) in [5.74, 6) is 0. The van der Waals surface area contributed by atoms with E-state index in [4.69, 9.17) is 16.3 Å². The summed E-state index contributed by atoms with van der Waals surface area (Å²) in [4.78, 5) is 0. The normalized spacial score (nSPS) is 12.2. The highest BCUT2D eigenvalue weighted by molar-refractivity contribution is 7.99. The van der Waals surface area contributed by atoms with Crippen molar-refractivity contribution in [3.8, 4) is 0 Å². The van der Waals surface area contributed by atoms with Crippen molar-refractivity contribution < 1.29 is 4.74 Å². The van der Waals surface area contributed by atoms with Gasteiger partial charge >= 0.3 is 0 Å². The van der Waals surface area contributed by atoms with E-state index >= 15 is 0 Å². The van der Waals surface area contributed by atoms with Gasteiger partial charge in [0.25, 0.3) is 0 Å². The Balaban J connectivity index is 1.91. The lowest BCUT2D eigenvalue weighted by Crippen LogP contribution is -2.06. The van der Waals surface area contributed by atoms with Crippen LogP contribution in [-0.4, -0.2) is 28.5 Å². The molecule has 0 aliphatic heterocycles. The predicted octanol–water partition coefficient (Wildman–Crippen LogP) is 4.46. The maximum atomic E-state index is 6.04. The molecule has 1 unspecified atom stereocenters. The van der Waals surface area contributed by atoms with E-state index in [0.29, 0.717) is 6.61 Å². The van der Waals surface area contributed by atoms with Crippen molar-refractivity contribution >= 4 is 23.4 Å². The predicted molar refractivity (Wildman–Crippen MR) is 97.5 cm³/mol. The average molecular weight is 360 g/mol. The second kappa shape index (κ2) is 8.33. The van der Waals surface area contributed by atoms with Crippen LogP contribution in [0.25, 0.3) is 0 Å². The van der Waals surface area contributed by atoms with Crippen LogP contribution < -0.4 is 0 Å². The molecule has 0 N–H and O–H groups in total. The smallest absolute Gasteiger partial charge is 0.192 e. The van der Waals surface area contributed by atoms with Crippen molar-refractivity contribution in [1.29, 1.82) is 0 Å². The average Bonchev–Trinajstić information content (AvgIpc) is 3.06. The Morgan fingerprint density at radius 3 is 2.50 bits per heavy atom. The maximum Gasteiger partial charge on any atom is 0.192 e. The van der Waals surface area contributed by atoms with E-state index in [1.54, 1.807) is 25.2 Å². The molecule has 0 amide bonds. The molecule has 0 saturated heterocycles. The summed E-state index contributed by atoms with van der Waals surface area (Å²) in [7, 11) is 1.69. The van der Waals surface area contributed by atoms with Crippen molar-refractivity contribution in [3.05, 3.63) is 77.1 Å². The number of hydrogen-bond acceptors (Lipinski definition) is 4. The van der Waals surface area contributed by atoms with Crippen LogP contribution in [0.15, 0.2) is 66.1 Å². The van der Waals surface area contributed by atoms with E-state index in [9.17, 15) is 0 Å². The molecule has 1 heterocycles. The molecule has 4 nitrogen and oxygen atoms in total. The molecule has 24 heavy (non-hydrogen) atoms. The third-order valence-electron chi connectivity index (χ3n) is 3.61. The standard InChI is InChI=1S/C18H18ClN3OS/c1-23-12-11-22-13-20-21-18(22)24-17(14-5-3-2-4-6-14)15-7-9-16(19)10-8-15/h2-10,13,17H,11-12H2,1H3. The molecule has 0 radical (unpaired) electrons. The molecular formula is C18H18ClN3OS. The Morgan fingerprint density at radius 2 is 1.79 bits per heavy atom. The summed E-state index contributed by atoms with van der Waals surface area (Å²) in [6.07, 6.45) is 1.74. The van der Waals surface area contributed by atoms with Gasteiger partial charge in [-0.15, -0.1) is 10.2 Å². The lowest BCUT2D eigenvalue weighted by atomic mass is 10.0. The first-order chi connectivity index (χ1) is 11.8. The van der Waals surface area contributed by atoms with Gasteiger partial charge in [-0.2, -0.15) is 0 Å². The van der Waals surface area contributed by atoms with E-state index in [1.165, 1.54) is 11.1 Å². The molecule has 1 aromatic heterocycles. The van der Waals surface area contributed by atoms with E-state index in [2.05, 4.69) is 46.6 Å². The monoisotopic (exact) mass is 359 g/mol. The number of thioether (sulfide) groups is 1. The van der Waals surface area contributed by atoms with Crippen LogP contribution in [0.1, 0.15) is 16.4 Å². The zero-order chi connectivity index (χ0) is 16.8. The first-order valence-corrected chi connectivity index (χ1v) is 8.87. The van der Waals surface area contributed by atoms with Gasteiger partial charge in [0.2, 0.25) is 0 Å². The fourth-order valence-corrected chi connectivity index (χ4v) is 3.67. The molecule has 0 bridgehead atoms. The maximum absolute atomic E-state index is 6.04. The third-order valence-corrected chi connectivity index (χ3v) is 5.17. The molecular weight excluding hydrogens is 342 g/mol. The molecule has 0 aliphatic rings. The Bertz CT molecular complexity index is 761. The Hall–Kier alpha value is -1.82. The molecule has 0 spiro atoms. The van der Waals surface area contributed by atoms with Gasteiger partial charge in [0.15, 0.2) is 5.16 Å². The van der Waals surface area contributed by atoms with Gasteiger partial charge in [-0.05, 0) is 23.3 Å². The quantitative estimate of drug-likeness (QED) is 0.584. The summed E-state index contributed by atoms with van der Waals surface area (Å²) in [6, 6.07) is 18.3. The number of ether oxygens (including phenoxy) is 1. The Kier molecular flexibility index (Phi) is 5.91. The SMILES string of the molecule is COCCn1cnnc1SC(c1ccccc1)c1ccc(Cl)cc1. The van der Waals surface area contributed by atoms with E-state index in [0.717, 1.165) is 16.7 Å². The van der Waals surface area contributed by atoms with Crippen LogP contribution in [0.2, 0.25) is 5.02 Å². The second-order valence-corrected chi connectivity index (χ2v) is 6.77.